The minimum Gasteiger partial charge on any atom is -0.378 e. The van der Waals surface area contributed by atoms with Crippen molar-refractivity contribution in [3.63, 3.8) is 0 Å². The SMILES string of the molecule is Cc1[nH]c2ccccc2c1C(=O)CN1CCCCC1C(=O)N1CCOCC1. The van der Waals surface area contributed by atoms with Crippen LogP contribution in [0.4, 0.5) is 0 Å². The number of Topliss-reactive ketones (excluding diaryl/α,β-unsaturated/α-hetero) is 1. The van der Waals surface area contributed by atoms with Gasteiger partial charge in [-0.05, 0) is 32.4 Å². The summed E-state index contributed by atoms with van der Waals surface area (Å²) < 4.78 is 5.37. The van der Waals surface area contributed by atoms with Crippen molar-refractivity contribution in [2.45, 2.75) is 32.2 Å². The fraction of sp³-hybridized carbons (Fsp3) is 0.524. The van der Waals surface area contributed by atoms with Crippen LogP contribution < -0.4 is 0 Å². The molecule has 2 aliphatic heterocycles. The number of likely N-dealkylation sites (tertiary alicyclic amines) is 1. The van der Waals surface area contributed by atoms with Crippen LogP contribution in [0.25, 0.3) is 10.9 Å². The largest absolute Gasteiger partial charge is 0.378 e. The Morgan fingerprint density at radius 3 is 2.74 bits per heavy atom. The number of hydrogen-bond donors (Lipinski definition) is 1. The van der Waals surface area contributed by atoms with Gasteiger partial charge in [0.1, 0.15) is 0 Å². The van der Waals surface area contributed by atoms with E-state index in [-0.39, 0.29) is 17.7 Å². The molecule has 3 heterocycles. The van der Waals surface area contributed by atoms with Crippen molar-refractivity contribution < 1.29 is 14.3 Å². The van der Waals surface area contributed by atoms with Crippen LogP contribution in [0.3, 0.4) is 0 Å². The van der Waals surface area contributed by atoms with Gasteiger partial charge in [0.05, 0.1) is 25.8 Å². The number of ether oxygens (including phenoxy) is 1. The first-order valence-electron chi connectivity index (χ1n) is 9.86. The zero-order valence-electron chi connectivity index (χ0n) is 15.9. The van der Waals surface area contributed by atoms with Crippen molar-refractivity contribution in [2.75, 3.05) is 39.4 Å². The number of aryl methyl sites for hydroxylation is 1. The van der Waals surface area contributed by atoms with E-state index in [1.54, 1.807) is 0 Å². The molecule has 1 aromatic carbocycles. The molecule has 1 atom stereocenters. The summed E-state index contributed by atoms with van der Waals surface area (Å²) in [6.07, 6.45) is 2.90. The maximum atomic E-state index is 13.1. The van der Waals surface area contributed by atoms with Gasteiger partial charge in [0.15, 0.2) is 5.78 Å². The molecule has 1 unspecified atom stereocenters. The van der Waals surface area contributed by atoms with Gasteiger partial charge >= 0.3 is 0 Å². The fourth-order valence-electron chi connectivity index (χ4n) is 4.35. The number of nitrogens with zero attached hydrogens (tertiary/aromatic N) is 2. The predicted molar refractivity (Wildman–Crippen MR) is 104 cm³/mol. The Morgan fingerprint density at radius 2 is 1.93 bits per heavy atom. The molecule has 1 N–H and O–H groups in total. The molecular formula is C21H27N3O3. The van der Waals surface area contributed by atoms with Crippen molar-refractivity contribution in [3.8, 4) is 0 Å². The van der Waals surface area contributed by atoms with E-state index in [9.17, 15) is 9.59 Å². The van der Waals surface area contributed by atoms with Crippen molar-refractivity contribution in [1.82, 2.24) is 14.8 Å². The number of rotatable bonds is 4. The number of carbonyl (C=O) groups is 2. The lowest BCUT2D eigenvalue weighted by Gasteiger charge is -2.38. The highest BCUT2D eigenvalue weighted by atomic mass is 16.5. The fourth-order valence-corrected chi connectivity index (χ4v) is 4.35. The molecule has 1 amide bonds. The first kappa shape index (κ1) is 18.2. The first-order chi connectivity index (χ1) is 13.1. The molecule has 2 saturated heterocycles. The van der Waals surface area contributed by atoms with Gasteiger partial charge < -0.3 is 14.6 Å². The number of hydrogen-bond acceptors (Lipinski definition) is 4. The van der Waals surface area contributed by atoms with Gasteiger partial charge in [-0.3, -0.25) is 14.5 Å². The molecule has 0 aliphatic carbocycles. The number of aromatic amines is 1. The highest BCUT2D eigenvalue weighted by molar-refractivity contribution is 6.10. The van der Waals surface area contributed by atoms with Crippen LogP contribution in [0.5, 0.6) is 0 Å². The zero-order chi connectivity index (χ0) is 18.8. The topological polar surface area (TPSA) is 65.6 Å². The average Bonchev–Trinajstić information content (AvgIpc) is 3.04. The van der Waals surface area contributed by atoms with E-state index in [0.29, 0.717) is 32.8 Å². The number of para-hydroxylation sites is 1. The summed E-state index contributed by atoms with van der Waals surface area (Å²) in [6.45, 7) is 5.55. The normalized spacial score (nSPS) is 21.5. The molecule has 1 aromatic heterocycles. The number of carbonyl (C=O) groups excluding carboxylic acids is 2. The lowest BCUT2D eigenvalue weighted by Crippen LogP contribution is -2.54. The Kier molecular flexibility index (Phi) is 5.27. The molecule has 6 nitrogen and oxygen atoms in total. The van der Waals surface area contributed by atoms with Gasteiger partial charge in [-0.2, -0.15) is 0 Å². The van der Waals surface area contributed by atoms with Crippen molar-refractivity contribution in [1.29, 1.82) is 0 Å². The minimum atomic E-state index is -0.189. The number of H-pyrrole nitrogens is 1. The zero-order valence-corrected chi connectivity index (χ0v) is 15.9. The van der Waals surface area contributed by atoms with Crippen molar-refractivity contribution in [2.24, 2.45) is 0 Å². The molecule has 2 fully saturated rings. The third kappa shape index (κ3) is 3.64. The Balaban J connectivity index is 1.53. The number of amides is 1. The van der Waals surface area contributed by atoms with E-state index in [4.69, 9.17) is 4.74 Å². The van der Waals surface area contributed by atoms with Gasteiger partial charge in [-0.1, -0.05) is 24.6 Å². The lowest BCUT2D eigenvalue weighted by atomic mass is 9.98. The number of benzene rings is 1. The van der Waals surface area contributed by atoms with E-state index in [2.05, 4.69) is 9.88 Å². The highest BCUT2D eigenvalue weighted by Gasteiger charge is 2.34. The van der Waals surface area contributed by atoms with Gasteiger partial charge in [0, 0.05) is 35.2 Å². The summed E-state index contributed by atoms with van der Waals surface area (Å²) in [4.78, 5) is 33.5. The smallest absolute Gasteiger partial charge is 0.240 e. The summed E-state index contributed by atoms with van der Waals surface area (Å²) in [5.41, 5.74) is 2.64. The van der Waals surface area contributed by atoms with E-state index in [1.165, 1.54) is 0 Å². The summed E-state index contributed by atoms with van der Waals surface area (Å²) in [6, 6.07) is 7.71. The van der Waals surface area contributed by atoms with Crippen LogP contribution in [0.1, 0.15) is 35.3 Å². The lowest BCUT2D eigenvalue weighted by molar-refractivity contribution is -0.142. The molecule has 2 aromatic rings. The monoisotopic (exact) mass is 369 g/mol. The maximum absolute atomic E-state index is 13.1. The molecule has 4 rings (SSSR count). The van der Waals surface area contributed by atoms with Gasteiger partial charge in [0.25, 0.3) is 0 Å². The standard InChI is InChI=1S/C21H27N3O3/c1-15-20(16-6-2-3-7-17(16)22-15)19(25)14-24-9-5-4-8-18(24)21(26)23-10-12-27-13-11-23/h2-3,6-7,18,22H,4-5,8-14H2,1H3. The average molecular weight is 369 g/mol. The molecular weight excluding hydrogens is 342 g/mol. The number of ketones is 1. The molecule has 0 radical (unpaired) electrons. The Morgan fingerprint density at radius 1 is 1.15 bits per heavy atom. The summed E-state index contributed by atoms with van der Waals surface area (Å²) in [7, 11) is 0. The Hall–Kier alpha value is -2.18. The van der Waals surface area contributed by atoms with Crippen LogP contribution in [0.15, 0.2) is 24.3 Å². The van der Waals surface area contributed by atoms with Crippen LogP contribution in [0.2, 0.25) is 0 Å². The second kappa shape index (κ2) is 7.82. The van der Waals surface area contributed by atoms with E-state index < -0.39 is 0 Å². The molecule has 144 valence electrons. The van der Waals surface area contributed by atoms with Gasteiger partial charge in [0.2, 0.25) is 5.91 Å². The number of nitrogens with one attached hydrogen (secondary N) is 1. The van der Waals surface area contributed by atoms with E-state index >= 15 is 0 Å². The second-order valence-corrected chi connectivity index (χ2v) is 7.51. The van der Waals surface area contributed by atoms with E-state index in [0.717, 1.165) is 48.0 Å². The number of aromatic nitrogens is 1. The molecule has 0 spiro atoms. The molecule has 27 heavy (non-hydrogen) atoms. The Bertz CT molecular complexity index is 838. The number of piperidine rings is 1. The van der Waals surface area contributed by atoms with Gasteiger partial charge in [-0.15, -0.1) is 0 Å². The quantitative estimate of drug-likeness (QED) is 0.841. The van der Waals surface area contributed by atoms with Crippen molar-refractivity contribution in [3.05, 3.63) is 35.5 Å². The minimum absolute atomic E-state index is 0.0895. The third-order valence-corrected chi connectivity index (χ3v) is 5.74. The molecule has 0 saturated carbocycles. The number of morpholine rings is 1. The van der Waals surface area contributed by atoms with E-state index in [1.807, 2.05) is 36.1 Å². The van der Waals surface area contributed by atoms with Crippen LogP contribution in [-0.4, -0.2) is 71.9 Å². The third-order valence-electron chi connectivity index (χ3n) is 5.74. The molecule has 2 aliphatic rings. The summed E-state index contributed by atoms with van der Waals surface area (Å²) >= 11 is 0. The highest BCUT2D eigenvalue weighted by Crippen LogP contribution is 2.25. The first-order valence-corrected chi connectivity index (χ1v) is 9.86. The second-order valence-electron chi connectivity index (χ2n) is 7.51. The molecule has 6 heteroatoms. The maximum Gasteiger partial charge on any atom is 0.240 e. The van der Waals surface area contributed by atoms with Crippen LogP contribution in [-0.2, 0) is 9.53 Å². The molecule has 0 bridgehead atoms. The Labute approximate surface area is 159 Å². The van der Waals surface area contributed by atoms with Gasteiger partial charge in [-0.25, -0.2) is 0 Å². The number of fused-ring (bicyclic) bond motifs is 1. The predicted octanol–water partition coefficient (Wildman–Crippen LogP) is 2.37. The van der Waals surface area contributed by atoms with Crippen LogP contribution in [0, 0.1) is 6.92 Å². The summed E-state index contributed by atoms with van der Waals surface area (Å²) in [5, 5.41) is 0.966. The van der Waals surface area contributed by atoms with Crippen LogP contribution >= 0.6 is 0 Å². The summed E-state index contributed by atoms with van der Waals surface area (Å²) in [5.74, 6) is 0.244. The van der Waals surface area contributed by atoms with Crippen molar-refractivity contribution >= 4 is 22.6 Å².